The highest BCUT2D eigenvalue weighted by atomic mass is 79.9. The summed E-state index contributed by atoms with van der Waals surface area (Å²) in [5.41, 5.74) is 0.704. The Morgan fingerprint density at radius 2 is 1.80 bits per heavy atom. The minimum atomic E-state index is -0.0203. The van der Waals surface area contributed by atoms with Gasteiger partial charge in [-0.25, -0.2) is 0 Å². The zero-order chi connectivity index (χ0) is 14.4. The molecule has 106 valence electrons. The van der Waals surface area contributed by atoms with Crippen LogP contribution in [0, 0.1) is 0 Å². The van der Waals surface area contributed by atoms with Crippen molar-refractivity contribution in [3.63, 3.8) is 0 Å². The highest BCUT2D eigenvalue weighted by Gasteiger charge is 2.05. The summed E-state index contributed by atoms with van der Waals surface area (Å²) in [7, 11) is 0. The summed E-state index contributed by atoms with van der Waals surface area (Å²) < 4.78 is 1.05. The van der Waals surface area contributed by atoms with Gasteiger partial charge in [0.05, 0.1) is 0 Å². The molecule has 0 bridgehead atoms. The zero-order valence-corrected chi connectivity index (χ0v) is 13.2. The fourth-order valence-electron chi connectivity index (χ4n) is 2.03. The van der Waals surface area contributed by atoms with Gasteiger partial charge in [0.2, 0.25) is 0 Å². The summed E-state index contributed by atoms with van der Waals surface area (Å²) in [5.74, 6) is -0.0203. The zero-order valence-electron chi connectivity index (χ0n) is 11.6. The van der Waals surface area contributed by atoms with Crippen molar-refractivity contribution in [1.82, 2.24) is 10.6 Å². The largest absolute Gasteiger partial charge is 0.351 e. The first kappa shape index (κ1) is 15.0. The third-order valence-corrected chi connectivity index (χ3v) is 3.57. The molecule has 20 heavy (non-hydrogen) atoms. The normalized spacial score (nSPS) is 10.7. The van der Waals surface area contributed by atoms with Crippen LogP contribution in [0.1, 0.15) is 23.7 Å². The lowest BCUT2D eigenvalue weighted by atomic mass is 10.1. The van der Waals surface area contributed by atoms with Crippen LogP contribution < -0.4 is 10.6 Å². The molecule has 2 aromatic rings. The van der Waals surface area contributed by atoms with Gasteiger partial charge in [0.1, 0.15) is 0 Å². The first-order valence-corrected chi connectivity index (χ1v) is 7.68. The van der Waals surface area contributed by atoms with Crippen LogP contribution in [0.15, 0.2) is 40.9 Å². The molecule has 0 saturated heterocycles. The maximum Gasteiger partial charge on any atom is 0.251 e. The van der Waals surface area contributed by atoms with Crippen LogP contribution >= 0.6 is 15.9 Å². The van der Waals surface area contributed by atoms with Crippen molar-refractivity contribution in [3.8, 4) is 0 Å². The van der Waals surface area contributed by atoms with E-state index in [4.69, 9.17) is 0 Å². The average Bonchev–Trinajstić information content (AvgIpc) is 2.46. The Balaban J connectivity index is 1.98. The molecule has 0 aromatic heterocycles. The van der Waals surface area contributed by atoms with E-state index in [1.54, 1.807) is 0 Å². The Morgan fingerprint density at radius 1 is 1.05 bits per heavy atom. The average molecular weight is 335 g/mol. The van der Waals surface area contributed by atoms with Crippen molar-refractivity contribution in [1.29, 1.82) is 0 Å². The smallest absolute Gasteiger partial charge is 0.251 e. The molecular weight excluding hydrogens is 316 g/mol. The van der Waals surface area contributed by atoms with Gasteiger partial charge in [-0.05, 0) is 48.0 Å². The molecule has 0 radical (unpaired) electrons. The molecule has 2 aromatic carbocycles. The number of halogens is 1. The molecule has 0 fully saturated rings. The topological polar surface area (TPSA) is 41.1 Å². The second kappa shape index (κ2) is 7.41. The van der Waals surface area contributed by atoms with E-state index in [2.05, 4.69) is 33.5 Å². The lowest BCUT2D eigenvalue weighted by Gasteiger charge is -2.07. The third-order valence-electron chi connectivity index (χ3n) is 3.08. The maximum atomic E-state index is 12.0. The molecular formula is C16H19BrN2O. The predicted octanol–water partition coefficient (Wildman–Crippen LogP) is 3.33. The van der Waals surface area contributed by atoms with Crippen LogP contribution in [0.2, 0.25) is 0 Å². The molecule has 0 aliphatic heterocycles. The number of hydrogen-bond acceptors (Lipinski definition) is 2. The van der Waals surface area contributed by atoms with Crippen LogP contribution in [-0.4, -0.2) is 25.5 Å². The van der Waals surface area contributed by atoms with Gasteiger partial charge < -0.3 is 10.6 Å². The summed E-state index contributed by atoms with van der Waals surface area (Å²) >= 11 is 3.45. The highest BCUT2D eigenvalue weighted by Crippen LogP contribution is 2.20. The number of amides is 1. The van der Waals surface area contributed by atoms with Gasteiger partial charge in [-0.15, -0.1) is 0 Å². The number of hydrogen-bond donors (Lipinski definition) is 2. The van der Waals surface area contributed by atoms with Gasteiger partial charge in [-0.1, -0.05) is 35.0 Å². The van der Waals surface area contributed by atoms with Gasteiger partial charge in [-0.3, -0.25) is 4.79 Å². The lowest BCUT2D eigenvalue weighted by molar-refractivity contribution is 0.0954. The molecule has 0 atom stereocenters. The maximum absolute atomic E-state index is 12.0. The van der Waals surface area contributed by atoms with Gasteiger partial charge in [0.15, 0.2) is 0 Å². The molecule has 0 aliphatic carbocycles. The van der Waals surface area contributed by atoms with Gasteiger partial charge >= 0.3 is 0 Å². The molecule has 3 nitrogen and oxygen atoms in total. The fraction of sp³-hybridized carbons (Fsp3) is 0.312. The molecule has 0 heterocycles. The SMILES string of the molecule is CCCNCCNC(=O)c1ccc2cc(Br)ccc2c1. The van der Waals surface area contributed by atoms with E-state index in [0.717, 1.165) is 34.8 Å². The van der Waals surface area contributed by atoms with Gasteiger partial charge in [0, 0.05) is 23.1 Å². The molecule has 2 rings (SSSR count). The Labute approximate surface area is 127 Å². The quantitative estimate of drug-likeness (QED) is 0.795. The molecule has 2 N–H and O–H groups in total. The molecule has 0 unspecified atom stereocenters. The van der Waals surface area contributed by atoms with Crippen LogP contribution in [0.25, 0.3) is 10.8 Å². The Morgan fingerprint density at radius 3 is 2.60 bits per heavy atom. The number of fused-ring (bicyclic) bond motifs is 1. The van der Waals surface area contributed by atoms with E-state index in [-0.39, 0.29) is 5.91 Å². The minimum absolute atomic E-state index is 0.0203. The lowest BCUT2D eigenvalue weighted by Crippen LogP contribution is -2.32. The van der Waals surface area contributed by atoms with Crippen LogP contribution in [0.5, 0.6) is 0 Å². The number of carbonyl (C=O) groups excluding carboxylic acids is 1. The van der Waals surface area contributed by atoms with E-state index in [0.29, 0.717) is 12.1 Å². The molecule has 0 saturated carbocycles. The molecule has 0 aliphatic rings. The molecule has 1 amide bonds. The minimum Gasteiger partial charge on any atom is -0.351 e. The van der Waals surface area contributed by atoms with Crippen molar-refractivity contribution in [2.24, 2.45) is 0 Å². The summed E-state index contributed by atoms with van der Waals surface area (Å²) in [4.78, 5) is 12.0. The van der Waals surface area contributed by atoms with E-state index in [9.17, 15) is 4.79 Å². The third kappa shape index (κ3) is 4.05. The van der Waals surface area contributed by atoms with Crippen LogP contribution in [0.3, 0.4) is 0 Å². The number of rotatable bonds is 6. The Kier molecular flexibility index (Phi) is 5.56. The number of carbonyl (C=O) groups is 1. The monoisotopic (exact) mass is 334 g/mol. The van der Waals surface area contributed by atoms with E-state index in [1.165, 1.54) is 0 Å². The van der Waals surface area contributed by atoms with Crippen LogP contribution in [-0.2, 0) is 0 Å². The van der Waals surface area contributed by atoms with Crippen molar-refractivity contribution in [2.75, 3.05) is 19.6 Å². The number of nitrogens with one attached hydrogen (secondary N) is 2. The second-order valence-electron chi connectivity index (χ2n) is 4.71. The van der Waals surface area contributed by atoms with Crippen molar-refractivity contribution in [2.45, 2.75) is 13.3 Å². The first-order chi connectivity index (χ1) is 9.70. The standard InChI is InChI=1S/C16H19BrN2O/c1-2-7-18-8-9-19-16(20)14-4-3-13-11-15(17)6-5-12(13)10-14/h3-6,10-11,18H,2,7-9H2,1H3,(H,19,20). The Hall–Kier alpha value is -1.39. The fourth-order valence-corrected chi connectivity index (χ4v) is 2.40. The van der Waals surface area contributed by atoms with Crippen molar-refractivity contribution in [3.05, 3.63) is 46.4 Å². The summed E-state index contributed by atoms with van der Waals surface area (Å²) in [6.45, 7) is 4.57. The molecule has 4 heteroatoms. The van der Waals surface area contributed by atoms with E-state index in [1.807, 2.05) is 36.4 Å². The van der Waals surface area contributed by atoms with Gasteiger partial charge in [-0.2, -0.15) is 0 Å². The van der Waals surface area contributed by atoms with Crippen molar-refractivity contribution < 1.29 is 4.79 Å². The van der Waals surface area contributed by atoms with Crippen LogP contribution in [0.4, 0.5) is 0 Å². The van der Waals surface area contributed by atoms with E-state index < -0.39 is 0 Å². The summed E-state index contributed by atoms with van der Waals surface area (Å²) in [5, 5.41) is 8.38. The number of benzene rings is 2. The van der Waals surface area contributed by atoms with Gasteiger partial charge in [0.25, 0.3) is 5.91 Å². The second-order valence-corrected chi connectivity index (χ2v) is 5.63. The summed E-state index contributed by atoms with van der Waals surface area (Å²) in [6.07, 6.45) is 1.11. The molecule has 0 spiro atoms. The predicted molar refractivity (Wildman–Crippen MR) is 87.1 cm³/mol. The Bertz CT molecular complexity index is 598. The van der Waals surface area contributed by atoms with Crippen molar-refractivity contribution >= 4 is 32.6 Å². The summed E-state index contributed by atoms with van der Waals surface area (Å²) in [6, 6.07) is 11.8. The highest BCUT2D eigenvalue weighted by molar-refractivity contribution is 9.10. The van der Waals surface area contributed by atoms with E-state index >= 15 is 0 Å². The first-order valence-electron chi connectivity index (χ1n) is 6.89.